The van der Waals surface area contributed by atoms with Crippen molar-refractivity contribution in [3.63, 3.8) is 0 Å². The summed E-state index contributed by atoms with van der Waals surface area (Å²) in [5.74, 6) is 1.85. The molecule has 9 heteroatoms. The smallest absolute Gasteiger partial charge is 0.240 e. The lowest BCUT2D eigenvalue weighted by Gasteiger charge is -2.12. The first kappa shape index (κ1) is 20.7. The van der Waals surface area contributed by atoms with Gasteiger partial charge in [-0.05, 0) is 55.7 Å². The van der Waals surface area contributed by atoms with Crippen LogP contribution in [0.2, 0.25) is 0 Å². The second-order valence-electron chi connectivity index (χ2n) is 6.65. The van der Waals surface area contributed by atoms with Crippen molar-refractivity contribution in [2.24, 2.45) is 0 Å². The van der Waals surface area contributed by atoms with E-state index >= 15 is 0 Å². The van der Waals surface area contributed by atoms with Gasteiger partial charge in [0, 0.05) is 25.4 Å². The van der Waals surface area contributed by atoms with Crippen LogP contribution >= 0.6 is 0 Å². The molecule has 0 aliphatic rings. The minimum Gasteiger partial charge on any atom is -0.369 e. The maximum Gasteiger partial charge on any atom is 0.240 e. The van der Waals surface area contributed by atoms with Gasteiger partial charge in [-0.15, -0.1) is 0 Å². The molecule has 0 radical (unpaired) electrons. The number of nitrogens with one attached hydrogen (secondary N) is 3. The Hall–Kier alpha value is -3.04. The van der Waals surface area contributed by atoms with E-state index in [1.165, 1.54) is 6.33 Å². The fraction of sp³-hybridized carbons (Fsp3) is 0.250. The summed E-state index contributed by atoms with van der Waals surface area (Å²) in [5, 5.41) is 6.17. The largest absolute Gasteiger partial charge is 0.369 e. The van der Waals surface area contributed by atoms with E-state index in [0.29, 0.717) is 28.9 Å². The summed E-state index contributed by atoms with van der Waals surface area (Å²) in [7, 11) is -3.58. The van der Waals surface area contributed by atoms with Gasteiger partial charge in [0.2, 0.25) is 10.0 Å². The summed E-state index contributed by atoms with van der Waals surface area (Å²) in [6, 6.07) is 10.9. The van der Waals surface area contributed by atoms with Gasteiger partial charge in [-0.3, -0.25) is 0 Å². The highest BCUT2D eigenvalue weighted by atomic mass is 32.2. The van der Waals surface area contributed by atoms with Crippen molar-refractivity contribution in [2.75, 3.05) is 23.7 Å². The third-order valence-corrected chi connectivity index (χ3v) is 6.00. The Bertz CT molecular complexity index is 1090. The van der Waals surface area contributed by atoms with E-state index in [0.717, 1.165) is 16.7 Å². The van der Waals surface area contributed by atoms with Crippen LogP contribution < -0.4 is 15.4 Å². The molecule has 0 aliphatic carbocycles. The standard InChI is InChI=1S/C20H24N6O2S/c1-14-10-16(3)17(11-15(14)2)29(27,28)25-9-8-22-19-12-20(24-13-23-19)26-18-6-4-5-7-21-18/h4-7,10-13,25H,8-9H2,1-3H3,(H2,21,22,23,24,26). The normalized spacial score (nSPS) is 11.3. The fourth-order valence-corrected chi connectivity index (χ4v) is 4.11. The Morgan fingerprint density at radius 2 is 1.59 bits per heavy atom. The first-order valence-corrected chi connectivity index (χ1v) is 10.6. The molecule has 0 atom stereocenters. The monoisotopic (exact) mass is 412 g/mol. The molecule has 0 saturated carbocycles. The van der Waals surface area contributed by atoms with E-state index < -0.39 is 10.0 Å². The molecule has 0 fully saturated rings. The van der Waals surface area contributed by atoms with Crippen LogP contribution in [0.25, 0.3) is 0 Å². The molecular weight excluding hydrogens is 388 g/mol. The van der Waals surface area contributed by atoms with E-state index in [4.69, 9.17) is 0 Å². The van der Waals surface area contributed by atoms with Gasteiger partial charge in [0.15, 0.2) is 0 Å². The number of hydrogen-bond donors (Lipinski definition) is 3. The van der Waals surface area contributed by atoms with E-state index in [-0.39, 0.29) is 6.54 Å². The third kappa shape index (κ3) is 5.49. The molecular formula is C20H24N6O2S. The Balaban J connectivity index is 1.56. The summed E-state index contributed by atoms with van der Waals surface area (Å²) < 4.78 is 27.8. The lowest BCUT2D eigenvalue weighted by molar-refractivity contribution is 0.582. The molecule has 0 spiro atoms. The molecule has 3 rings (SSSR count). The van der Waals surface area contributed by atoms with Crippen LogP contribution in [0.5, 0.6) is 0 Å². The highest BCUT2D eigenvalue weighted by Gasteiger charge is 2.17. The first-order valence-electron chi connectivity index (χ1n) is 9.16. The summed E-state index contributed by atoms with van der Waals surface area (Å²) in [6.07, 6.45) is 3.11. The highest BCUT2D eigenvalue weighted by Crippen LogP contribution is 2.19. The van der Waals surface area contributed by atoms with Crippen molar-refractivity contribution in [2.45, 2.75) is 25.7 Å². The molecule has 0 aliphatic heterocycles. The zero-order valence-corrected chi connectivity index (χ0v) is 17.4. The Morgan fingerprint density at radius 3 is 2.34 bits per heavy atom. The average molecular weight is 413 g/mol. The van der Waals surface area contributed by atoms with Crippen molar-refractivity contribution in [3.05, 3.63) is 65.6 Å². The molecule has 3 aromatic rings. The van der Waals surface area contributed by atoms with Crippen LogP contribution in [0, 0.1) is 20.8 Å². The molecule has 29 heavy (non-hydrogen) atoms. The highest BCUT2D eigenvalue weighted by molar-refractivity contribution is 7.89. The number of hydrogen-bond acceptors (Lipinski definition) is 7. The number of aromatic nitrogens is 3. The van der Waals surface area contributed by atoms with Crippen LogP contribution in [-0.2, 0) is 10.0 Å². The van der Waals surface area contributed by atoms with E-state index in [9.17, 15) is 8.42 Å². The molecule has 3 N–H and O–H groups in total. The third-order valence-electron chi connectivity index (χ3n) is 4.39. The molecule has 8 nitrogen and oxygen atoms in total. The molecule has 0 bridgehead atoms. The maximum atomic E-state index is 12.6. The summed E-state index contributed by atoms with van der Waals surface area (Å²) >= 11 is 0. The number of pyridine rings is 1. The number of benzene rings is 1. The van der Waals surface area contributed by atoms with Gasteiger partial charge in [-0.1, -0.05) is 12.1 Å². The number of aryl methyl sites for hydroxylation is 3. The second-order valence-corrected chi connectivity index (χ2v) is 8.39. The molecule has 1 aromatic carbocycles. The van der Waals surface area contributed by atoms with Gasteiger partial charge in [0.25, 0.3) is 0 Å². The SMILES string of the molecule is Cc1cc(C)c(S(=O)(=O)NCCNc2cc(Nc3ccccn3)ncn2)cc1C. The number of rotatable bonds is 8. The van der Waals surface area contributed by atoms with Crippen LogP contribution in [0.4, 0.5) is 17.5 Å². The minimum absolute atomic E-state index is 0.224. The van der Waals surface area contributed by atoms with Crippen molar-refractivity contribution in [3.8, 4) is 0 Å². The Labute approximate surface area is 170 Å². The van der Waals surface area contributed by atoms with Crippen molar-refractivity contribution >= 4 is 27.5 Å². The Morgan fingerprint density at radius 1 is 0.828 bits per heavy atom. The number of nitrogens with zero attached hydrogens (tertiary/aromatic N) is 3. The lowest BCUT2D eigenvalue weighted by Crippen LogP contribution is -2.29. The van der Waals surface area contributed by atoms with Crippen LogP contribution in [0.1, 0.15) is 16.7 Å². The topological polar surface area (TPSA) is 109 Å². The molecule has 2 aromatic heterocycles. The summed E-state index contributed by atoms with van der Waals surface area (Å²) in [4.78, 5) is 12.8. The lowest BCUT2D eigenvalue weighted by atomic mass is 10.1. The Kier molecular flexibility index (Phi) is 6.40. The minimum atomic E-state index is -3.58. The van der Waals surface area contributed by atoms with Gasteiger partial charge in [0.05, 0.1) is 4.90 Å². The maximum absolute atomic E-state index is 12.6. The van der Waals surface area contributed by atoms with Gasteiger partial charge < -0.3 is 10.6 Å². The van der Waals surface area contributed by atoms with Gasteiger partial charge >= 0.3 is 0 Å². The molecule has 0 unspecified atom stereocenters. The number of anilines is 3. The van der Waals surface area contributed by atoms with Gasteiger partial charge in [0.1, 0.15) is 23.8 Å². The quantitative estimate of drug-likeness (QED) is 0.488. The van der Waals surface area contributed by atoms with Crippen molar-refractivity contribution in [1.82, 2.24) is 19.7 Å². The molecule has 0 saturated heterocycles. The van der Waals surface area contributed by atoms with Crippen LogP contribution in [0.3, 0.4) is 0 Å². The summed E-state index contributed by atoms with van der Waals surface area (Å²) in [5.41, 5.74) is 2.75. The van der Waals surface area contributed by atoms with Gasteiger partial charge in [-0.25, -0.2) is 28.1 Å². The predicted molar refractivity (Wildman–Crippen MR) is 114 cm³/mol. The van der Waals surface area contributed by atoms with Crippen LogP contribution in [-0.4, -0.2) is 36.5 Å². The van der Waals surface area contributed by atoms with E-state index in [1.807, 2.05) is 38.1 Å². The molecule has 2 heterocycles. The number of sulfonamides is 1. The van der Waals surface area contributed by atoms with Crippen molar-refractivity contribution < 1.29 is 8.42 Å². The average Bonchev–Trinajstić information content (AvgIpc) is 2.69. The van der Waals surface area contributed by atoms with Crippen LogP contribution in [0.15, 0.2) is 53.8 Å². The second kappa shape index (κ2) is 8.97. The summed E-state index contributed by atoms with van der Waals surface area (Å²) in [6.45, 7) is 6.27. The molecule has 152 valence electrons. The first-order chi connectivity index (χ1) is 13.8. The zero-order valence-electron chi connectivity index (χ0n) is 16.6. The predicted octanol–water partition coefficient (Wildman–Crippen LogP) is 2.93. The van der Waals surface area contributed by atoms with Crippen molar-refractivity contribution in [1.29, 1.82) is 0 Å². The van der Waals surface area contributed by atoms with E-state index in [1.54, 1.807) is 25.3 Å². The fourth-order valence-electron chi connectivity index (χ4n) is 2.77. The van der Waals surface area contributed by atoms with Gasteiger partial charge in [-0.2, -0.15) is 0 Å². The van der Waals surface area contributed by atoms with E-state index in [2.05, 4.69) is 30.3 Å². The molecule has 0 amide bonds. The zero-order chi connectivity index (χ0) is 20.9.